The van der Waals surface area contributed by atoms with Gasteiger partial charge < -0.3 is 14.2 Å². The Bertz CT molecular complexity index is 1400. The maximum Gasteiger partial charge on any atom is 0.306 e. The van der Waals surface area contributed by atoms with E-state index in [1.165, 1.54) is 6.42 Å². The summed E-state index contributed by atoms with van der Waals surface area (Å²) in [7, 11) is 0. The van der Waals surface area contributed by atoms with Crippen molar-refractivity contribution in [1.82, 2.24) is 0 Å². The Morgan fingerprint density at radius 3 is 1.16 bits per heavy atom. The number of hydrogen-bond donors (Lipinski definition) is 0. The Balaban J connectivity index is 4.55. The fourth-order valence-electron chi connectivity index (χ4n) is 5.91. The van der Waals surface area contributed by atoms with Crippen LogP contribution in [0.15, 0.2) is 134 Å². The molecule has 346 valence electrons. The molecule has 0 saturated carbocycles. The van der Waals surface area contributed by atoms with E-state index in [9.17, 15) is 14.4 Å². The average Bonchev–Trinajstić information content (AvgIpc) is 3.27. The molecule has 1 atom stereocenters. The van der Waals surface area contributed by atoms with Crippen molar-refractivity contribution in [2.45, 2.75) is 187 Å². The first-order valence-corrected chi connectivity index (χ1v) is 24.3. The van der Waals surface area contributed by atoms with Crippen molar-refractivity contribution in [1.29, 1.82) is 0 Å². The molecule has 0 aromatic carbocycles. The lowest BCUT2D eigenvalue weighted by molar-refractivity contribution is -0.167. The van der Waals surface area contributed by atoms with Crippen molar-refractivity contribution in [3.8, 4) is 0 Å². The number of hydrogen-bond acceptors (Lipinski definition) is 6. The lowest BCUT2D eigenvalue weighted by atomic mass is 10.1. The van der Waals surface area contributed by atoms with Crippen molar-refractivity contribution in [2.75, 3.05) is 13.2 Å². The zero-order chi connectivity index (χ0) is 45.1. The number of carbonyl (C=O) groups excluding carboxylic acids is 3. The molecule has 0 aliphatic carbocycles. The Morgan fingerprint density at radius 2 is 0.694 bits per heavy atom. The Kier molecular flexibility index (Phi) is 45.7. The third-order valence-electron chi connectivity index (χ3n) is 9.48. The lowest BCUT2D eigenvalue weighted by Gasteiger charge is -2.18. The molecule has 0 heterocycles. The van der Waals surface area contributed by atoms with Crippen LogP contribution >= 0.6 is 0 Å². The zero-order valence-electron chi connectivity index (χ0n) is 39.3. The molecule has 6 nitrogen and oxygen atoms in total. The summed E-state index contributed by atoms with van der Waals surface area (Å²) >= 11 is 0. The van der Waals surface area contributed by atoms with Crippen LogP contribution in [0.25, 0.3) is 0 Å². The summed E-state index contributed by atoms with van der Waals surface area (Å²) in [6.45, 7) is 6.21. The van der Waals surface area contributed by atoms with E-state index in [2.05, 4.69) is 118 Å². The molecule has 0 bridgehead atoms. The minimum absolute atomic E-state index is 0.118. The second-order valence-corrected chi connectivity index (χ2v) is 15.4. The van der Waals surface area contributed by atoms with Gasteiger partial charge >= 0.3 is 17.9 Å². The average molecular weight is 855 g/mol. The highest BCUT2D eigenvalue weighted by Crippen LogP contribution is 2.12. The summed E-state index contributed by atoms with van der Waals surface area (Å²) < 4.78 is 16.7. The first kappa shape index (κ1) is 57.5. The summed E-state index contributed by atoms with van der Waals surface area (Å²) in [5.74, 6) is -1.02. The molecule has 0 radical (unpaired) electrons. The molecule has 0 aliphatic heterocycles. The van der Waals surface area contributed by atoms with Gasteiger partial charge in [0.25, 0.3) is 0 Å². The molecule has 62 heavy (non-hydrogen) atoms. The molecule has 0 fully saturated rings. The highest BCUT2D eigenvalue weighted by Gasteiger charge is 2.19. The van der Waals surface area contributed by atoms with E-state index < -0.39 is 6.10 Å². The molecule has 6 heteroatoms. The van der Waals surface area contributed by atoms with Gasteiger partial charge in [0.15, 0.2) is 6.10 Å². The van der Waals surface area contributed by atoms with Crippen LogP contribution in [0.5, 0.6) is 0 Å². The number of allylic oxidation sites excluding steroid dienone is 22. The monoisotopic (exact) mass is 855 g/mol. The number of esters is 3. The van der Waals surface area contributed by atoms with Gasteiger partial charge in [0, 0.05) is 19.3 Å². The summed E-state index contributed by atoms with van der Waals surface area (Å²) in [6.07, 6.45) is 68.6. The van der Waals surface area contributed by atoms with Gasteiger partial charge in [-0.25, -0.2) is 0 Å². The van der Waals surface area contributed by atoms with Crippen molar-refractivity contribution in [2.24, 2.45) is 0 Å². The summed E-state index contributed by atoms with van der Waals surface area (Å²) in [6, 6.07) is 0. The van der Waals surface area contributed by atoms with Crippen LogP contribution in [0.2, 0.25) is 0 Å². The molecular formula is C56H86O6. The second-order valence-electron chi connectivity index (χ2n) is 15.4. The van der Waals surface area contributed by atoms with Crippen LogP contribution in [-0.2, 0) is 28.6 Å². The van der Waals surface area contributed by atoms with Gasteiger partial charge in [-0.1, -0.05) is 193 Å². The molecule has 0 aromatic heterocycles. The maximum absolute atomic E-state index is 12.8. The minimum atomic E-state index is -0.820. The van der Waals surface area contributed by atoms with E-state index in [-0.39, 0.29) is 37.5 Å². The molecule has 1 unspecified atom stereocenters. The standard InChI is InChI=1S/C56H86O6/c1-4-7-10-13-16-19-22-25-27-28-29-30-32-34-37-40-43-46-49-55(58)61-52-53(51-60-54(57)48-45-42-39-36-33-24-21-18-15-12-9-6-3)62-56(59)50-47-44-41-38-35-31-26-23-20-17-14-11-8-5-2/h8-13,16-22,25-31,33,36,53H,4-7,14-15,23-24,32,34-35,37-52H2,1-3H3/b11-8-,12-9-,13-10-,19-16-,20-17-,21-18-,25-22-,28-27-,30-29-,31-26-,36-33-. The fourth-order valence-corrected chi connectivity index (χ4v) is 5.91. The van der Waals surface area contributed by atoms with Gasteiger partial charge in [-0.15, -0.1) is 0 Å². The SMILES string of the molecule is CC/C=C\C/C=C\C/C=C\CCCCCCC(=O)OC(COC(=O)CCCC/C=C\C/C=C\C/C=C\CC)COC(=O)CCCCCCC\C=C/C=C\C=C/C=C\C=C/CCC. The van der Waals surface area contributed by atoms with Crippen LogP contribution < -0.4 is 0 Å². The molecule has 0 amide bonds. The van der Waals surface area contributed by atoms with E-state index in [4.69, 9.17) is 14.2 Å². The third-order valence-corrected chi connectivity index (χ3v) is 9.48. The van der Waals surface area contributed by atoms with E-state index in [1.807, 2.05) is 36.5 Å². The second kappa shape index (κ2) is 49.2. The van der Waals surface area contributed by atoms with Gasteiger partial charge in [0.05, 0.1) is 0 Å². The number of carbonyl (C=O) groups is 3. The van der Waals surface area contributed by atoms with Crippen molar-refractivity contribution in [3.05, 3.63) is 134 Å². The van der Waals surface area contributed by atoms with Gasteiger partial charge in [-0.3, -0.25) is 14.4 Å². The van der Waals surface area contributed by atoms with E-state index in [0.29, 0.717) is 19.3 Å². The highest BCUT2D eigenvalue weighted by atomic mass is 16.6. The quantitative estimate of drug-likeness (QED) is 0.0200. The van der Waals surface area contributed by atoms with Crippen LogP contribution in [0, 0.1) is 0 Å². The third kappa shape index (κ3) is 46.6. The topological polar surface area (TPSA) is 78.9 Å². The predicted octanol–water partition coefficient (Wildman–Crippen LogP) is 15.9. The van der Waals surface area contributed by atoms with Crippen LogP contribution in [0.4, 0.5) is 0 Å². The molecule has 0 aliphatic rings. The molecule has 0 spiro atoms. The van der Waals surface area contributed by atoms with Crippen molar-refractivity contribution < 1.29 is 28.6 Å². The Morgan fingerprint density at radius 1 is 0.355 bits per heavy atom. The predicted molar refractivity (Wildman–Crippen MR) is 265 cm³/mol. The number of rotatable bonds is 41. The van der Waals surface area contributed by atoms with Crippen molar-refractivity contribution in [3.63, 3.8) is 0 Å². The molecule has 0 rings (SSSR count). The van der Waals surface area contributed by atoms with E-state index >= 15 is 0 Å². The van der Waals surface area contributed by atoms with Crippen LogP contribution in [-0.4, -0.2) is 37.2 Å². The van der Waals surface area contributed by atoms with Gasteiger partial charge in [-0.05, 0) is 103 Å². The fraction of sp³-hybridized carbons (Fsp3) is 0.554. The normalized spacial score (nSPS) is 13.3. The summed E-state index contributed by atoms with van der Waals surface area (Å²) in [5, 5.41) is 0. The van der Waals surface area contributed by atoms with Crippen molar-refractivity contribution >= 4 is 17.9 Å². The first-order valence-electron chi connectivity index (χ1n) is 24.3. The smallest absolute Gasteiger partial charge is 0.306 e. The highest BCUT2D eigenvalue weighted by molar-refractivity contribution is 5.71. The van der Waals surface area contributed by atoms with Crippen LogP contribution in [0.1, 0.15) is 181 Å². The van der Waals surface area contributed by atoms with Gasteiger partial charge in [0.2, 0.25) is 0 Å². The molecule has 0 aromatic rings. The first-order chi connectivity index (χ1) is 30.5. The van der Waals surface area contributed by atoms with Crippen LogP contribution in [0.3, 0.4) is 0 Å². The Labute approximate surface area is 379 Å². The maximum atomic E-state index is 12.8. The Hall–Kier alpha value is -4.45. The van der Waals surface area contributed by atoms with Gasteiger partial charge in [0.1, 0.15) is 13.2 Å². The summed E-state index contributed by atoms with van der Waals surface area (Å²) in [4.78, 5) is 37.9. The van der Waals surface area contributed by atoms with E-state index in [1.54, 1.807) is 0 Å². The molecule has 0 saturated heterocycles. The molecule has 0 N–H and O–H groups in total. The minimum Gasteiger partial charge on any atom is -0.462 e. The zero-order valence-corrected chi connectivity index (χ0v) is 39.3. The number of unbranched alkanes of at least 4 members (excludes halogenated alkanes) is 12. The number of ether oxygens (including phenoxy) is 3. The van der Waals surface area contributed by atoms with E-state index in [0.717, 1.165) is 128 Å². The largest absolute Gasteiger partial charge is 0.462 e. The van der Waals surface area contributed by atoms with Gasteiger partial charge in [-0.2, -0.15) is 0 Å². The summed E-state index contributed by atoms with van der Waals surface area (Å²) in [5.41, 5.74) is 0. The molecular weight excluding hydrogens is 769 g/mol. The lowest BCUT2D eigenvalue weighted by Crippen LogP contribution is -2.30.